The Kier molecular flexibility index (Phi) is 3.08. The molecule has 2 aromatic rings. The summed E-state index contributed by atoms with van der Waals surface area (Å²) in [6.45, 7) is 0. The van der Waals surface area contributed by atoms with E-state index in [0.717, 1.165) is 0 Å². The van der Waals surface area contributed by atoms with Gasteiger partial charge in [-0.15, -0.1) is 0 Å². The summed E-state index contributed by atoms with van der Waals surface area (Å²) in [4.78, 5) is 14.9. The highest BCUT2D eigenvalue weighted by Gasteiger charge is 2.28. The van der Waals surface area contributed by atoms with Crippen LogP contribution in [0.3, 0.4) is 0 Å². The highest BCUT2D eigenvalue weighted by Crippen LogP contribution is 2.27. The zero-order valence-electron chi connectivity index (χ0n) is 11.1. The van der Waals surface area contributed by atoms with Gasteiger partial charge in [0.05, 0.1) is 35.7 Å². The Labute approximate surface area is 116 Å². The smallest absolute Gasteiger partial charge is 0.326 e. The number of methoxy groups -OCH3 is 1. The molecule has 1 aliphatic rings. The van der Waals surface area contributed by atoms with Gasteiger partial charge in [-0.05, 0) is 25.0 Å². The number of rotatable bonds is 2. The molecule has 0 amide bonds. The first kappa shape index (κ1) is 13.2. The number of fused-ring (bicyclic) bond motifs is 1. The summed E-state index contributed by atoms with van der Waals surface area (Å²) in [5, 5.41) is 0. The number of imidazole rings is 1. The van der Waals surface area contributed by atoms with Crippen LogP contribution >= 0.6 is 0 Å². The fourth-order valence-corrected chi connectivity index (χ4v) is 4.47. The molecule has 6 nitrogen and oxygen atoms in total. The van der Waals surface area contributed by atoms with Crippen LogP contribution in [0.5, 0.6) is 5.75 Å². The van der Waals surface area contributed by atoms with Crippen LogP contribution in [-0.2, 0) is 9.84 Å². The van der Waals surface area contributed by atoms with Crippen LogP contribution in [0, 0.1) is 0 Å². The van der Waals surface area contributed by atoms with Crippen molar-refractivity contribution >= 4 is 20.9 Å². The second-order valence-electron chi connectivity index (χ2n) is 5.09. The maximum Gasteiger partial charge on any atom is 0.326 e. The molecule has 0 spiro atoms. The van der Waals surface area contributed by atoms with Crippen molar-refractivity contribution in [3.8, 4) is 5.75 Å². The molecule has 1 aromatic carbocycles. The van der Waals surface area contributed by atoms with Gasteiger partial charge in [0.1, 0.15) is 5.75 Å². The average Bonchev–Trinajstić information content (AvgIpc) is 2.72. The molecule has 2 heterocycles. The first-order chi connectivity index (χ1) is 9.50. The van der Waals surface area contributed by atoms with Crippen molar-refractivity contribution in [1.82, 2.24) is 9.55 Å². The number of H-pyrrole nitrogens is 1. The molecule has 1 aromatic heterocycles. The van der Waals surface area contributed by atoms with E-state index in [9.17, 15) is 13.2 Å². The van der Waals surface area contributed by atoms with Crippen LogP contribution in [0.4, 0.5) is 0 Å². The Morgan fingerprint density at radius 3 is 2.90 bits per heavy atom. The zero-order valence-corrected chi connectivity index (χ0v) is 11.9. The SMILES string of the molecule is COc1ccc2[nH]c(=O)n(C3CCCS(=O)(=O)C3)c2c1. The van der Waals surface area contributed by atoms with Crippen molar-refractivity contribution in [1.29, 1.82) is 0 Å². The number of hydrogen-bond donors (Lipinski definition) is 1. The number of sulfone groups is 1. The summed E-state index contributed by atoms with van der Waals surface area (Å²) in [7, 11) is -1.51. The molecule has 0 aliphatic carbocycles. The largest absolute Gasteiger partial charge is 0.497 e. The summed E-state index contributed by atoms with van der Waals surface area (Å²) in [6.07, 6.45) is 1.29. The Hall–Kier alpha value is -1.76. The van der Waals surface area contributed by atoms with E-state index in [0.29, 0.717) is 29.6 Å². The predicted molar refractivity (Wildman–Crippen MR) is 76.0 cm³/mol. The van der Waals surface area contributed by atoms with Gasteiger partial charge in [-0.2, -0.15) is 0 Å². The lowest BCUT2D eigenvalue weighted by Gasteiger charge is -2.23. The van der Waals surface area contributed by atoms with E-state index in [1.54, 1.807) is 29.9 Å². The number of nitrogens with one attached hydrogen (secondary N) is 1. The molecule has 20 heavy (non-hydrogen) atoms. The number of aromatic nitrogens is 2. The number of nitrogens with zero attached hydrogens (tertiary/aromatic N) is 1. The first-order valence-corrected chi connectivity index (χ1v) is 8.31. The second kappa shape index (κ2) is 4.66. The Balaban J connectivity index is 2.15. The molecule has 0 radical (unpaired) electrons. The van der Waals surface area contributed by atoms with Gasteiger partial charge in [0.15, 0.2) is 9.84 Å². The summed E-state index contributed by atoms with van der Waals surface area (Å²) >= 11 is 0. The minimum absolute atomic E-state index is 0.0249. The summed E-state index contributed by atoms with van der Waals surface area (Å²) < 4.78 is 30.3. The van der Waals surface area contributed by atoms with E-state index in [2.05, 4.69) is 4.98 Å². The highest BCUT2D eigenvalue weighted by molar-refractivity contribution is 7.91. The van der Waals surface area contributed by atoms with Crippen LogP contribution in [0.2, 0.25) is 0 Å². The molecule has 7 heteroatoms. The molecule has 1 atom stereocenters. The Morgan fingerprint density at radius 1 is 1.40 bits per heavy atom. The molecule has 108 valence electrons. The van der Waals surface area contributed by atoms with Gasteiger partial charge in [-0.1, -0.05) is 0 Å². The van der Waals surface area contributed by atoms with E-state index in [1.165, 1.54) is 0 Å². The monoisotopic (exact) mass is 296 g/mol. The molecular formula is C13H16N2O4S. The third-order valence-corrected chi connectivity index (χ3v) is 5.53. The van der Waals surface area contributed by atoms with Gasteiger partial charge in [-0.3, -0.25) is 4.57 Å². The molecule has 0 saturated carbocycles. The fourth-order valence-electron chi connectivity index (χ4n) is 2.79. The molecule has 1 N–H and O–H groups in total. The average molecular weight is 296 g/mol. The Bertz CT molecular complexity index is 803. The summed E-state index contributed by atoms with van der Waals surface area (Å²) in [5.41, 5.74) is 1.12. The number of benzene rings is 1. The lowest BCUT2D eigenvalue weighted by Crippen LogP contribution is -2.32. The molecule has 1 aliphatic heterocycles. The van der Waals surface area contributed by atoms with Crippen LogP contribution in [0.25, 0.3) is 11.0 Å². The third kappa shape index (κ3) is 2.22. The van der Waals surface area contributed by atoms with Crippen molar-refractivity contribution in [2.24, 2.45) is 0 Å². The molecule has 3 rings (SSSR count). The molecular weight excluding hydrogens is 280 g/mol. The third-order valence-electron chi connectivity index (χ3n) is 3.73. The first-order valence-electron chi connectivity index (χ1n) is 6.49. The van der Waals surface area contributed by atoms with Gasteiger partial charge in [0, 0.05) is 6.07 Å². The van der Waals surface area contributed by atoms with E-state index >= 15 is 0 Å². The normalized spacial score (nSPS) is 21.9. The minimum Gasteiger partial charge on any atom is -0.497 e. The zero-order chi connectivity index (χ0) is 14.3. The van der Waals surface area contributed by atoms with E-state index < -0.39 is 9.84 Å². The number of ether oxygens (including phenoxy) is 1. The molecule has 0 bridgehead atoms. The quantitative estimate of drug-likeness (QED) is 0.899. The maximum atomic E-state index is 12.1. The van der Waals surface area contributed by atoms with E-state index in [4.69, 9.17) is 4.74 Å². The minimum atomic E-state index is -3.06. The van der Waals surface area contributed by atoms with Crippen LogP contribution in [0.15, 0.2) is 23.0 Å². The molecule has 1 saturated heterocycles. The van der Waals surface area contributed by atoms with Crippen molar-refractivity contribution < 1.29 is 13.2 Å². The topological polar surface area (TPSA) is 81.2 Å². The summed E-state index contributed by atoms with van der Waals surface area (Å²) in [5.74, 6) is 0.880. The predicted octanol–water partition coefficient (Wildman–Crippen LogP) is 1.09. The van der Waals surface area contributed by atoms with Crippen LogP contribution in [0.1, 0.15) is 18.9 Å². The summed E-state index contributed by atoms with van der Waals surface area (Å²) in [6, 6.07) is 4.99. The van der Waals surface area contributed by atoms with Gasteiger partial charge in [0.2, 0.25) is 0 Å². The lowest BCUT2D eigenvalue weighted by atomic mass is 10.1. The van der Waals surface area contributed by atoms with Crippen LogP contribution < -0.4 is 10.4 Å². The van der Waals surface area contributed by atoms with Gasteiger partial charge < -0.3 is 9.72 Å². The van der Waals surface area contributed by atoms with Crippen molar-refractivity contribution in [3.63, 3.8) is 0 Å². The fraction of sp³-hybridized carbons (Fsp3) is 0.462. The number of aromatic amines is 1. The number of hydrogen-bond acceptors (Lipinski definition) is 4. The van der Waals surface area contributed by atoms with E-state index in [-0.39, 0.29) is 23.2 Å². The highest BCUT2D eigenvalue weighted by atomic mass is 32.2. The Morgan fingerprint density at radius 2 is 2.20 bits per heavy atom. The standard InChI is InChI=1S/C13H16N2O4S/c1-19-10-4-5-11-12(7-10)15(13(16)14-11)9-3-2-6-20(17,18)8-9/h4-5,7,9H,2-3,6,8H2,1H3,(H,14,16). The van der Waals surface area contributed by atoms with Crippen molar-refractivity contribution in [2.75, 3.05) is 18.6 Å². The van der Waals surface area contributed by atoms with Gasteiger partial charge >= 0.3 is 5.69 Å². The van der Waals surface area contributed by atoms with E-state index in [1.807, 2.05) is 0 Å². The second-order valence-corrected chi connectivity index (χ2v) is 7.32. The van der Waals surface area contributed by atoms with Crippen LogP contribution in [-0.4, -0.2) is 36.6 Å². The van der Waals surface area contributed by atoms with Gasteiger partial charge in [0.25, 0.3) is 0 Å². The van der Waals surface area contributed by atoms with Crippen molar-refractivity contribution in [3.05, 3.63) is 28.7 Å². The molecule has 1 unspecified atom stereocenters. The van der Waals surface area contributed by atoms with Crippen molar-refractivity contribution in [2.45, 2.75) is 18.9 Å². The maximum absolute atomic E-state index is 12.1. The molecule has 1 fully saturated rings. The lowest BCUT2D eigenvalue weighted by molar-refractivity contribution is 0.414. The van der Waals surface area contributed by atoms with Gasteiger partial charge in [-0.25, -0.2) is 13.2 Å².